The van der Waals surface area contributed by atoms with Gasteiger partial charge in [0.15, 0.2) is 0 Å². The lowest BCUT2D eigenvalue weighted by Gasteiger charge is -2.17. The maximum absolute atomic E-state index is 11.8. The standard InChI is InChI=1S/C15H20N4O2/c1-2-19(11-14(17)20)9-3-4-15(21)18-13-7-5-12(10-16)6-8-13/h5-8H,2-4,9,11H2,1H3,(H2,17,20)(H,18,21). The van der Waals surface area contributed by atoms with Crippen LogP contribution in [0.4, 0.5) is 5.69 Å². The van der Waals surface area contributed by atoms with Gasteiger partial charge in [-0.05, 0) is 43.8 Å². The van der Waals surface area contributed by atoms with Crippen LogP contribution in [-0.2, 0) is 9.59 Å². The summed E-state index contributed by atoms with van der Waals surface area (Å²) in [4.78, 5) is 24.5. The molecule has 0 saturated heterocycles. The summed E-state index contributed by atoms with van der Waals surface area (Å²) < 4.78 is 0. The second-order valence-corrected chi connectivity index (χ2v) is 4.68. The van der Waals surface area contributed by atoms with Crippen LogP contribution in [0.25, 0.3) is 0 Å². The second kappa shape index (κ2) is 8.72. The van der Waals surface area contributed by atoms with Crippen LogP contribution in [0.3, 0.4) is 0 Å². The van der Waals surface area contributed by atoms with Crippen molar-refractivity contribution in [3.8, 4) is 6.07 Å². The molecule has 0 saturated carbocycles. The number of primary amides is 1. The highest BCUT2D eigenvalue weighted by Gasteiger charge is 2.08. The molecule has 0 bridgehead atoms. The van der Waals surface area contributed by atoms with Gasteiger partial charge < -0.3 is 11.1 Å². The van der Waals surface area contributed by atoms with Crippen LogP contribution in [0.2, 0.25) is 0 Å². The summed E-state index contributed by atoms with van der Waals surface area (Å²) in [7, 11) is 0. The Morgan fingerprint density at radius 3 is 2.52 bits per heavy atom. The minimum Gasteiger partial charge on any atom is -0.369 e. The maximum Gasteiger partial charge on any atom is 0.231 e. The van der Waals surface area contributed by atoms with Crippen molar-refractivity contribution in [1.29, 1.82) is 5.26 Å². The number of nitrogens with one attached hydrogen (secondary N) is 1. The molecule has 0 spiro atoms. The summed E-state index contributed by atoms with van der Waals surface area (Å²) >= 11 is 0. The third-order valence-corrected chi connectivity index (χ3v) is 3.00. The SMILES string of the molecule is CCN(CCCC(=O)Nc1ccc(C#N)cc1)CC(N)=O. The largest absolute Gasteiger partial charge is 0.369 e. The molecule has 0 aliphatic rings. The number of nitrogens with two attached hydrogens (primary N) is 1. The smallest absolute Gasteiger partial charge is 0.231 e. The first-order chi connectivity index (χ1) is 10.0. The fourth-order valence-corrected chi connectivity index (χ4v) is 1.88. The molecule has 6 heteroatoms. The lowest BCUT2D eigenvalue weighted by Crippen LogP contribution is -2.34. The third kappa shape index (κ3) is 6.54. The molecule has 0 atom stereocenters. The number of anilines is 1. The number of benzene rings is 1. The zero-order valence-corrected chi connectivity index (χ0v) is 12.1. The first-order valence-corrected chi connectivity index (χ1v) is 6.85. The summed E-state index contributed by atoms with van der Waals surface area (Å²) in [5.74, 6) is -0.450. The Bertz CT molecular complexity index is 519. The molecular formula is C15H20N4O2. The number of hydrogen-bond donors (Lipinski definition) is 2. The van der Waals surface area contributed by atoms with E-state index in [4.69, 9.17) is 11.0 Å². The number of nitrogens with zero attached hydrogens (tertiary/aromatic N) is 2. The van der Waals surface area contributed by atoms with E-state index in [2.05, 4.69) is 5.32 Å². The predicted molar refractivity (Wildman–Crippen MR) is 80.3 cm³/mol. The number of likely N-dealkylation sites (N-methyl/N-ethyl adjacent to an activating group) is 1. The lowest BCUT2D eigenvalue weighted by atomic mass is 10.2. The van der Waals surface area contributed by atoms with Gasteiger partial charge in [-0.3, -0.25) is 14.5 Å². The molecular weight excluding hydrogens is 268 g/mol. The van der Waals surface area contributed by atoms with Crippen molar-refractivity contribution in [3.05, 3.63) is 29.8 Å². The molecule has 3 N–H and O–H groups in total. The summed E-state index contributed by atoms with van der Waals surface area (Å²) in [5, 5.41) is 11.5. The van der Waals surface area contributed by atoms with Crippen molar-refractivity contribution in [2.45, 2.75) is 19.8 Å². The Kier molecular flexibility index (Phi) is 6.92. The van der Waals surface area contributed by atoms with Crippen molar-refractivity contribution in [2.75, 3.05) is 25.0 Å². The molecule has 1 aromatic carbocycles. The minimum atomic E-state index is -0.362. The first kappa shape index (κ1) is 16.7. The number of amides is 2. The second-order valence-electron chi connectivity index (χ2n) is 4.68. The average Bonchev–Trinajstić information content (AvgIpc) is 2.46. The number of carbonyl (C=O) groups is 2. The fourth-order valence-electron chi connectivity index (χ4n) is 1.88. The van der Waals surface area contributed by atoms with Crippen LogP contribution in [-0.4, -0.2) is 36.3 Å². The molecule has 1 aromatic rings. The van der Waals surface area contributed by atoms with E-state index in [0.29, 0.717) is 30.6 Å². The van der Waals surface area contributed by atoms with E-state index >= 15 is 0 Å². The molecule has 0 fully saturated rings. The quantitative estimate of drug-likeness (QED) is 0.747. The molecule has 0 radical (unpaired) electrons. The van der Waals surface area contributed by atoms with E-state index in [1.807, 2.05) is 17.9 Å². The van der Waals surface area contributed by atoms with Gasteiger partial charge in [0.2, 0.25) is 11.8 Å². The van der Waals surface area contributed by atoms with Crippen molar-refractivity contribution in [2.24, 2.45) is 5.73 Å². The maximum atomic E-state index is 11.8. The Morgan fingerprint density at radius 1 is 1.33 bits per heavy atom. The van der Waals surface area contributed by atoms with Crippen molar-refractivity contribution >= 4 is 17.5 Å². The normalized spacial score (nSPS) is 10.1. The predicted octanol–water partition coefficient (Wildman–Crippen LogP) is 1.08. The molecule has 0 aliphatic carbocycles. The van der Waals surface area contributed by atoms with E-state index in [0.717, 1.165) is 6.54 Å². The van der Waals surface area contributed by atoms with Crippen LogP contribution >= 0.6 is 0 Å². The van der Waals surface area contributed by atoms with Gasteiger partial charge in [-0.25, -0.2) is 0 Å². The zero-order chi connectivity index (χ0) is 15.7. The topological polar surface area (TPSA) is 99.2 Å². The van der Waals surface area contributed by atoms with Gasteiger partial charge in [-0.1, -0.05) is 6.92 Å². The average molecular weight is 288 g/mol. The molecule has 0 aliphatic heterocycles. The summed E-state index contributed by atoms with van der Waals surface area (Å²) in [6, 6.07) is 8.72. The van der Waals surface area contributed by atoms with Gasteiger partial charge in [-0.15, -0.1) is 0 Å². The lowest BCUT2D eigenvalue weighted by molar-refractivity contribution is -0.119. The Hall–Kier alpha value is -2.39. The molecule has 0 aromatic heterocycles. The summed E-state index contributed by atoms with van der Waals surface area (Å²) in [5.41, 5.74) is 6.37. The summed E-state index contributed by atoms with van der Waals surface area (Å²) in [6.45, 7) is 3.54. The van der Waals surface area contributed by atoms with Crippen LogP contribution in [0.5, 0.6) is 0 Å². The zero-order valence-electron chi connectivity index (χ0n) is 12.1. The van der Waals surface area contributed by atoms with Gasteiger partial charge in [0.1, 0.15) is 0 Å². The molecule has 21 heavy (non-hydrogen) atoms. The van der Waals surface area contributed by atoms with E-state index in [-0.39, 0.29) is 18.4 Å². The Morgan fingerprint density at radius 2 is 2.00 bits per heavy atom. The van der Waals surface area contributed by atoms with Crippen LogP contribution < -0.4 is 11.1 Å². The molecule has 112 valence electrons. The van der Waals surface area contributed by atoms with E-state index in [9.17, 15) is 9.59 Å². The van der Waals surface area contributed by atoms with E-state index < -0.39 is 0 Å². The molecule has 6 nitrogen and oxygen atoms in total. The van der Waals surface area contributed by atoms with Crippen LogP contribution in [0.1, 0.15) is 25.3 Å². The van der Waals surface area contributed by atoms with Crippen LogP contribution in [0.15, 0.2) is 24.3 Å². The summed E-state index contributed by atoms with van der Waals surface area (Å²) in [6.07, 6.45) is 1.03. The molecule has 0 heterocycles. The molecule has 1 rings (SSSR count). The van der Waals surface area contributed by atoms with Gasteiger partial charge in [0.05, 0.1) is 18.2 Å². The minimum absolute atomic E-state index is 0.0881. The Labute approximate surface area is 124 Å². The third-order valence-electron chi connectivity index (χ3n) is 3.00. The van der Waals surface area contributed by atoms with Gasteiger partial charge in [0.25, 0.3) is 0 Å². The highest BCUT2D eigenvalue weighted by molar-refractivity contribution is 5.90. The number of carbonyl (C=O) groups excluding carboxylic acids is 2. The number of nitriles is 1. The van der Waals surface area contributed by atoms with Gasteiger partial charge in [0, 0.05) is 12.1 Å². The van der Waals surface area contributed by atoms with Crippen molar-refractivity contribution < 1.29 is 9.59 Å². The number of hydrogen-bond acceptors (Lipinski definition) is 4. The highest BCUT2D eigenvalue weighted by atomic mass is 16.2. The monoisotopic (exact) mass is 288 g/mol. The number of rotatable bonds is 8. The van der Waals surface area contributed by atoms with Crippen LogP contribution in [0, 0.1) is 11.3 Å². The van der Waals surface area contributed by atoms with Gasteiger partial charge >= 0.3 is 0 Å². The molecule has 0 unspecified atom stereocenters. The van der Waals surface area contributed by atoms with Crippen molar-refractivity contribution in [3.63, 3.8) is 0 Å². The van der Waals surface area contributed by atoms with Gasteiger partial charge in [-0.2, -0.15) is 5.26 Å². The first-order valence-electron chi connectivity index (χ1n) is 6.85. The highest BCUT2D eigenvalue weighted by Crippen LogP contribution is 2.09. The molecule has 2 amide bonds. The Balaban J connectivity index is 2.33. The fraction of sp³-hybridized carbons (Fsp3) is 0.400. The van der Waals surface area contributed by atoms with E-state index in [1.165, 1.54) is 0 Å². The van der Waals surface area contributed by atoms with E-state index in [1.54, 1.807) is 24.3 Å². The van der Waals surface area contributed by atoms with Crippen molar-refractivity contribution in [1.82, 2.24) is 4.90 Å².